The first kappa shape index (κ1) is 23.8. The number of pyridine rings is 1. The molecule has 1 aliphatic heterocycles. The molecule has 1 aromatic heterocycles. The molecule has 0 spiro atoms. The molecule has 1 atom stereocenters. The number of nitrogens with one attached hydrogen (secondary N) is 2. The van der Waals surface area contributed by atoms with E-state index in [1.54, 1.807) is 18.3 Å². The summed E-state index contributed by atoms with van der Waals surface area (Å²) >= 11 is 0. The van der Waals surface area contributed by atoms with Crippen molar-refractivity contribution in [3.8, 4) is 0 Å². The van der Waals surface area contributed by atoms with Crippen molar-refractivity contribution in [3.05, 3.63) is 60.8 Å². The van der Waals surface area contributed by atoms with Gasteiger partial charge in [0.15, 0.2) is 0 Å². The fraction of sp³-hybridized carbons (Fsp3) is 0.292. The summed E-state index contributed by atoms with van der Waals surface area (Å²) < 4.78 is 27.8. The van der Waals surface area contributed by atoms with Crippen LogP contribution < -0.4 is 10.6 Å². The summed E-state index contributed by atoms with van der Waals surface area (Å²) in [6.45, 7) is 4.56. The van der Waals surface area contributed by atoms with E-state index < -0.39 is 10.0 Å². The molecule has 10 heteroatoms. The smallest absolute Gasteiger partial charge is 0.243 e. The number of carbonyl (C=O) groups excluding carboxylic acids is 2. The number of piperazine rings is 1. The summed E-state index contributed by atoms with van der Waals surface area (Å²) in [5, 5.41) is 6.45. The Morgan fingerprint density at radius 2 is 1.79 bits per heavy atom. The van der Waals surface area contributed by atoms with Gasteiger partial charge >= 0.3 is 0 Å². The highest BCUT2D eigenvalue weighted by Crippen LogP contribution is 2.24. The molecule has 0 saturated carbocycles. The van der Waals surface area contributed by atoms with Crippen molar-refractivity contribution in [2.24, 2.45) is 0 Å². The molecule has 0 unspecified atom stereocenters. The number of anilines is 2. The first-order valence-electron chi connectivity index (χ1n) is 11.0. The Morgan fingerprint density at radius 1 is 1.03 bits per heavy atom. The molecule has 4 rings (SSSR count). The fourth-order valence-corrected chi connectivity index (χ4v) is 5.78. The largest absolute Gasteiger partial charge is 0.326 e. The van der Waals surface area contributed by atoms with E-state index in [9.17, 15) is 18.0 Å². The van der Waals surface area contributed by atoms with Gasteiger partial charge in [0.2, 0.25) is 21.8 Å². The lowest BCUT2D eigenvalue weighted by Gasteiger charge is -2.38. The Kier molecular flexibility index (Phi) is 6.92. The highest BCUT2D eigenvalue weighted by Gasteiger charge is 2.34. The van der Waals surface area contributed by atoms with Crippen LogP contribution in [0, 0.1) is 0 Å². The van der Waals surface area contributed by atoms with Gasteiger partial charge in [0.25, 0.3) is 0 Å². The van der Waals surface area contributed by atoms with Gasteiger partial charge in [0, 0.05) is 49.9 Å². The number of hydrogen-bond donors (Lipinski definition) is 2. The average Bonchev–Trinajstić information content (AvgIpc) is 2.79. The lowest BCUT2D eigenvalue weighted by molar-refractivity contribution is -0.117. The van der Waals surface area contributed by atoms with E-state index in [1.165, 1.54) is 23.4 Å². The summed E-state index contributed by atoms with van der Waals surface area (Å²) in [5.74, 6) is -0.380. The summed E-state index contributed by atoms with van der Waals surface area (Å²) in [6.07, 6.45) is 1.71. The van der Waals surface area contributed by atoms with Crippen molar-refractivity contribution in [1.29, 1.82) is 0 Å². The fourth-order valence-electron chi connectivity index (χ4n) is 4.17. The molecule has 34 heavy (non-hydrogen) atoms. The quantitative estimate of drug-likeness (QED) is 0.560. The van der Waals surface area contributed by atoms with E-state index in [4.69, 9.17) is 0 Å². The molecule has 1 saturated heterocycles. The van der Waals surface area contributed by atoms with Crippen molar-refractivity contribution in [2.45, 2.75) is 24.8 Å². The minimum Gasteiger partial charge on any atom is -0.326 e. The second-order valence-corrected chi connectivity index (χ2v) is 10.2. The minimum absolute atomic E-state index is 0.159. The van der Waals surface area contributed by atoms with Crippen molar-refractivity contribution in [2.75, 3.05) is 36.8 Å². The monoisotopic (exact) mass is 481 g/mol. The summed E-state index contributed by atoms with van der Waals surface area (Å²) in [7, 11) is -3.69. The summed E-state index contributed by atoms with van der Waals surface area (Å²) in [4.78, 5) is 30.3. The Labute approximate surface area is 198 Å². The van der Waals surface area contributed by atoms with Gasteiger partial charge in [-0.05, 0) is 55.5 Å². The van der Waals surface area contributed by atoms with Gasteiger partial charge in [-0.15, -0.1) is 0 Å². The first-order chi connectivity index (χ1) is 16.2. The third-order valence-corrected chi connectivity index (χ3v) is 7.75. The number of rotatable bonds is 6. The van der Waals surface area contributed by atoms with Gasteiger partial charge in [-0.1, -0.05) is 6.07 Å². The molecule has 9 nitrogen and oxygen atoms in total. The van der Waals surface area contributed by atoms with E-state index in [0.717, 1.165) is 10.9 Å². The molecule has 1 aliphatic rings. The zero-order valence-electron chi connectivity index (χ0n) is 19.1. The normalized spacial score (nSPS) is 17.4. The van der Waals surface area contributed by atoms with E-state index in [2.05, 4.69) is 15.6 Å². The second kappa shape index (κ2) is 9.88. The molecule has 3 aromatic rings. The summed E-state index contributed by atoms with van der Waals surface area (Å²) in [5.41, 5.74) is 2.04. The number of amides is 2. The van der Waals surface area contributed by atoms with Gasteiger partial charge < -0.3 is 10.6 Å². The van der Waals surface area contributed by atoms with Gasteiger partial charge in [-0.25, -0.2) is 8.42 Å². The van der Waals surface area contributed by atoms with Crippen LogP contribution in [0.2, 0.25) is 0 Å². The van der Waals surface area contributed by atoms with Crippen LogP contribution >= 0.6 is 0 Å². The number of aromatic nitrogens is 1. The Bertz CT molecular complexity index is 1310. The number of sulfonamides is 1. The maximum Gasteiger partial charge on any atom is 0.243 e. The van der Waals surface area contributed by atoms with Gasteiger partial charge in [-0.3, -0.25) is 19.5 Å². The third-order valence-electron chi connectivity index (χ3n) is 5.72. The van der Waals surface area contributed by atoms with Gasteiger partial charge in [-0.2, -0.15) is 4.31 Å². The van der Waals surface area contributed by atoms with Crippen molar-refractivity contribution in [3.63, 3.8) is 0 Å². The average molecular weight is 482 g/mol. The highest BCUT2D eigenvalue weighted by molar-refractivity contribution is 7.89. The predicted molar refractivity (Wildman–Crippen MR) is 131 cm³/mol. The zero-order chi connectivity index (χ0) is 24.3. The lowest BCUT2D eigenvalue weighted by atomic mass is 10.2. The molecular formula is C24H27N5O4S. The van der Waals surface area contributed by atoms with Crippen LogP contribution in [0.4, 0.5) is 11.4 Å². The highest BCUT2D eigenvalue weighted by atomic mass is 32.2. The Hall–Kier alpha value is -3.34. The lowest BCUT2D eigenvalue weighted by Crippen LogP contribution is -2.55. The third kappa shape index (κ3) is 5.24. The number of nitrogens with zero attached hydrogens (tertiary/aromatic N) is 3. The first-order valence-corrected chi connectivity index (χ1v) is 12.4. The van der Waals surface area contributed by atoms with Crippen LogP contribution in [-0.2, 0) is 19.6 Å². The van der Waals surface area contributed by atoms with E-state index >= 15 is 0 Å². The molecule has 2 N–H and O–H groups in total. The molecule has 2 amide bonds. The SMILES string of the molecule is CC(=O)Nc1ccc(S(=O)(=O)N2CCN(CC(=O)Nc3cccc4ncccc34)C[C@H]2C)cc1. The standard InChI is InChI=1S/C24H27N5O4S/c1-17-15-28(16-24(31)27-23-7-3-6-22-21(23)5-4-12-25-22)13-14-29(17)34(32,33)20-10-8-19(9-11-20)26-18(2)30/h3-12,17H,13-16H2,1-2H3,(H,26,30)(H,27,31)/t17-/m1/s1. The molecule has 178 valence electrons. The molecule has 0 aliphatic carbocycles. The zero-order valence-corrected chi connectivity index (χ0v) is 19.9. The number of fused-ring (bicyclic) bond motifs is 1. The van der Waals surface area contributed by atoms with E-state index in [-0.39, 0.29) is 35.8 Å². The van der Waals surface area contributed by atoms with Gasteiger partial charge in [0.1, 0.15) is 0 Å². The van der Waals surface area contributed by atoms with Crippen molar-refractivity contribution >= 4 is 44.1 Å². The summed E-state index contributed by atoms with van der Waals surface area (Å²) in [6, 6.07) is 15.1. The number of hydrogen-bond acceptors (Lipinski definition) is 6. The maximum absolute atomic E-state index is 13.2. The maximum atomic E-state index is 13.2. The Balaban J connectivity index is 1.38. The van der Waals surface area contributed by atoms with Crippen molar-refractivity contribution < 1.29 is 18.0 Å². The van der Waals surface area contributed by atoms with Crippen LogP contribution in [0.3, 0.4) is 0 Å². The van der Waals surface area contributed by atoms with Gasteiger partial charge in [0.05, 0.1) is 22.6 Å². The second-order valence-electron chi connectivity index (χ2n) is 8.33. The van der Waals surface area contributed by atoms with E-state index in [1.807, 2.05) is 42.2 Å². The molecule has 1 fully saturated rings. The number of benzene rings is 2. The molecule has 2 heterocycles. The van der Waals surface area contributed by atoms with E-state index in [0.29, 0.717) is 24.5 Å². The van der Waals surface area contributed by atoms with Crippen LogP contribution in [0.25, 0.3) is 10.9 Å². The molecule has 0 bridgehead atoms. The number of carbonyl (C=O) groups is 2. The predicted octanol–water partition coefficient (Wildman–Crippen LogP) is 2.53. The van der Waals surface area contributed by atoms with Crippen LogP contribution in [0.15, 0.2) is 65.7 Å². The van der Waals surface area contributed by atoms with Crippen LogP contribution in [0.5, 0.6) is 0 Å². The molecular weight excluding hydrogens is 454 g/mol. The molecule has 2 aromatic carbocycles. The van der Waals surface area contributed by atoms with Crippen LogP contribution in [-0.4, -0.2) is 66.6 Å². The van der Waals surface area contributed by atoms with Crippen molar-refractivity contribution in [1.82, 2.24) is 14.2 Å². The molecule has 0 radical (unpaired) electrons. The Morgan fingerprint density at radius 3 is 2.50 bits per heavy atom. The topological polar surface area (TPSA) is 112 Å². The van der Waals surface area contributed by atoms with Crippen LogP contribution in [0.1, 0.15) is 13.8 Å². The minimum atomic E-state index is -3.69.